The van der Waals surface area contributed by atoms with Crippen molar-refractivity contribution in [2.75, 3.05) is 0 Å². The van der Waals surface area contributed by atoms with Gasteiger partial charge in [0.15, 0.2) is 0 Å². The van der Waals surface area contributed by atoms with E-state index in [1.54, 1.807) is 12.1 Å². The normalized spacial score (nSPS) is 14.2. The summed E-state index contributed by atoms with van der Waals surface area (Å²) in [5.74, 6) is 0.654. The molecule has 5 heteroatoms. The quantitative estimate of drug-likeness (QED) is 0.871. The molecule has 0 aliphatic heterocycles. The molecule has 2 aromatic rings. The molecule has 0 amide bonds. The minimum atomic E-state index is -0.668. The van der Waals surface area contributed by atoms with E-state index >= 15 is 0 Å². The van der Waals surface area contributed by atoms with Gasteiger partial charge in [-0.1, -0.05) is 17.7 Å². The van der Waals surface area contributed by atoms with E-state index in [9.17, 15) is 5.11 Å². The van der Waals surface area contributed by atoms with Crippen molar-refractivity contribution in [2.24, 2.45) is 0 Å². The number of aliphatic hydroxyl groups is 1. The van der Waals surface area contributed by atoms with Crippen LogP contribution in [-0.4, -0.2) is 11.2 Å². The van der Waals surface area contributed by atoms with E-state index in [2.05, 4.69) is 15.9 Å². The molecule has 1 aromatic carbocycles. The second-order valence-electron chi connectivity index (χ2n) is 3.86. The van der Waals surface area contributed by atoms with Gasteiger partial charge in [0.25, 0.3) is 0 Å². The zero-order chi connectivity index (χ0) is 13.1. The topological polar surface area (TPSA) is 29.5 Å². The van der Waals surface area contributed by atoms with Crippen molar-refractivity contribution in [3.05, 3.63) is 50.1 Å². The number of rotatable bonds is 4. The van der Waals surface area contributed by atoms with Gasteiger partial charge in [-0.15, -0.1) is 11.3 Å². The van der Waals surface area contributed by atoms with Gasteiger partial charge in [-0.2, -0.15) is 0 Å². The number of thiophene rings is 1. The summed E-state index contributed by atoms with van der Waals surface area (Å²) < 4.78 is 6.59. The van der Waals surface area contributed by atoms with Crippen molar-refractivity contribution >= 4 is 38.9 Å². The SMILES string of the molecule is CC(Oc1cccc(Cl)c1)C(O)c1sccc1Br. The van der Waals surface area contributed by atoms with Gasteiger partial charge < -0.3 is 9.84 Å². The van der Waals surface area contributed by atoms with Crippen LogP contribution < -0.4 is 4.74 Å². The summed E-state index contributed by atoms with van der Waals surface area (Å²) in [7, 11) is 0. The molecular weight excluding hydrogens is 336 g/mol. The summed E-state index contributed by atoms with van der Waals surface area (Å²) in [4.78, 5) is 0.865. The highest BCUT2D eigenvalue weighted by atomic mass is 79.9. The van der Waals surface area contributed by atoms with Crippen molar-refractivity contribution in [1.82, 2.24) is 0 Å². The number of hydrogen-bond acceptors (Lipinski definition) is 3. The summed E-state index contributed by atoms with van der Waals surface area (Å²) in [6, 6.07) is 9.06. The molecule has 18 heavy (non-hydrogen) atoms. The second-order valence-corrected chi connectivity index (χ2v) is 6.10. The molecule has 96 valence electrons. The highest BCUT2D eigenvalue weighted by Gasteiger charge is 2.21. The lowest BCUT2D eigenvalue weighted by atomic mass is 10.2. The van der Waals surface area contributed by atoms with Crippen molar-refractivity contribution < 1.29 is 9.84 Å². The minimum Gasteiger partial charge on any atom is -0.488 e. The maximum atomic E-state index is 10.2. The fourth-order valence-corrected chi connectivity index (χ4v) is 3.41. The Morgan fingerprint density at radius 2 is 2.17 bits per heavy atom. The van der Waals surface area contributed by atoms with Crippen LogP contribution in [0.15, 0.2) is 40.2 Å². The highest BCUT2D eigenvalue weighted by Crippen LogP contribution is 2.32. The van der Waals surface area contributed by atoms with Crippen molar-refractivity contribution in [3.63, 3.8) is 0 Å². The lowest BCUT2D eigenvalue weighted by Gasteiger charge is -2.20. The molecule has 2 nitrogen and oxygen atoms in total. The molecule has 1 aromatic heterocycles. The van der Waals surface area contributed by atoms with Gasteiger partial charge in [0.2, 0.25) is 0 Å². The zero-order valence-electron chi connectivity index (χ0n) is 9.64. The van der Waals surface area contributed by atoms with Gasteiger partial charge in [0, 0.05) is 9.50 Å². The minimum absolute atomic E-state index is 0.349. The maximum Gasteiger partial charge on any atom is 0.127 e. The summed E-state index contributed by atoms with van der Waals surface area (Å²) in [6.45, 7) is 1.83. The van der Waals surface area contributed by atoms with E-state index in [0.717, 1.165) is 9.35 Å². The predicted molar refractivity (Wildman–Crippen MR) is 78.5 cm³/mol. The molecule has 0 bridgehead atoms. The van der Waals surface area contributed by atoms with Crippen LogP contribution in [0.3, 0.4) is 0 Å². The molecule has 2 unspecified atom stereocenters. The third-order valence-corrected chi connectivity index (χ3v) is 4.65. The van der Waals surface area contributed by atoms with Crippen molar-refractivity contribution in [3.8, 4) is 5.75 Å². The lowest BCUT2D eigenvalue weighted by Crippen LogP contribution is -2.21. The molecule has 0 radical (unpaired) electrons. The molecule has 0 aliphatic rings. The van der Waals surface area contributed by atoms with Crippen LogP contribution in [-0.2, 0) is 0 Å². The van der Waals surface area contributed by atoms with E-state index in [4.69, 9.17) is 16.3 Å². The Bertz CT molecular complexity index is 529. The van der Waals surface area contributed by atoms with E-state index in [0.29, 0.717) is 10.8 Å². The molecule has 2 rings (SSSR count). The van der Waals surface area contributed by atoms with E-state index < -0.39 is 6.10 Å². The molecule has 0 spiro atoms. The van der Waals surface area contributed by atoms with Gasteiger partial charge in [-0.3, -0.25) is 0 Å². The van der Waals surface area contributed by atoms with Gasteiger partial charge >= 0.3 is 0 Å². The number of halogens is 2. The number of aliphatic hydroxyl groups excluding tert-OH is 1. The Hall–Kier alpha value is -0.550. The fourth-order valence-electron chi connectivity index (χ4n) is 1.55. The standard InChI is InChI=1S/C13H12BrClO2S/c1-8(12(16)13-11(14)5-6-18-13)17-10-4-2-3-9(15)7-10/h2-8,12,16H,1H3. The summed E-state index contributed by atoms with van der Waals surface area (Å²) in [6.07, 6.45) is -1.02. The van der Waals surface area contributed by atoms with E-state index in [1.807, 2.05) is 30.5 Å². The zero-order valence-corrected chi connectivity index (χ0v) is 12.8. The lowest BCUT2D eigenvalue weighted by molar-refractivity contribution is 0.0487. The van der Waals surface area contributed by atoms with Gasteiger partial charge in [-0.25, -0.2) is 0 Å². The monoisotopic (exact) mass is 346 g/mol. The third kappa shape index (κ3) is 3.26. The first-order chi connectivity index (χ1) is 8.58. The van der Waals surface area contributed by atoms with Crippen molar-refractivity contribution in [1.29, 1.82) is 0 Å². The average molecular weight is 348 g/mol. The van der Waals surface area contributed by atoms with Crippen LogP contribution in [0.1, 0.15) is 17.9 Å². The Balaban J connectivity index is 2.08. The summed E-state index contributed by atoms with van der Waals surface area (Å²) in [5, 5.41) is 12.8. The van der Waals surface area contributed by atoms with Crippen LogP contribution in [0.5, 0.6) is 5.75 Å². The third-order valence-electron chi connectivity index (χ3n) is 2.48. The fraction of sp³-hybridized carbons (Fsp3) is 0.231. The first-order valence-corrected chi connectivity index (χ1v) is 7.46. The van der Waals surface area contributed by atoms with Crippen LogP contribution in [0, 0.1) is 0 Å². The van der Waals surface area contributed by atoms with Gasteiger partial charge in [-0.05, 0) is 52.5 Å². The smallest absolute Gasteiger partial charge is 0.127 e. The molecule has 0 aliphatic carbocycles. The van der Waals surface area contributed by atoms with Crippen LogP contribution in [0.4, 0.5) is 0 Å². The van der Waals surface area contributed by atoms with E-state index in [1.165, 1.54) is 11.3 Å². The summed E-state index contributed by atoms with van der Waals surface area (Å²) >= 11 is 10.8. The molecular formula is C13H12BrClO2S. The Morgan fingerprint density at radius 1 is 1.39 bits per heavy atom. The molecule has 1 heterocycles. The Kier molecular flexibility index (Phi) is 4.67. The average Bonchev–Trinajstić information content (AvgIpc) is 2.74. The first kappa shape index (κ1) is 13.9. The maximum absolute atomic E-state index is 10.2. The largest absolute Gasteiger partial charge is 0.488 e. The van der Waals surface area contributed by atoms with Crippen LogP contribution in [0.25, 0.3) is 0 Å². The first-order valence-electron chi connectivity index (χ1n) is 5.41. The number of hydrogen-bond donors (Lipinski definition) is 1. The van der Waals surface area contributed by atoms with Crippen LogP contribution >= 0.6 is 38.9 Å². The summed E-state index contributed by atoms with van der Waals surface area (Å²) in [5.41, 5.74) is 0. The van der Waals surface area contributed by atoms with Gasteiger partial charge in [0.05, 0.1) is 4.88 Å². The van der Waals surface area contributed by atoms with Crippen molar-refractivity contribution in [2.45, 2.75) is 19.1 Å². The molecule has 1 N–H and O–H groups in total. The highest BCUT2D eigenvalue weighted by molar-refractivity contribution is 9.10. The van der Waals surface area contributed by atoms with Gasteiger partial charge in [0.1, 0.15) is 18.0 Å². The number of benzene rings is 1. The van der Waals surface area contributed by atoms with E-state index in [-0.39, 0.29) is 6.10 Å². The molecule has 2 atom stereocenters. The molecule has 0 saturated heterocycles. The molecule has 0 fully saturated rings. The second kappa shape index (κ2) is 6.06. The Labute approximate surface area is 123 Å². The predicted octanol–water partition coefficient (Wildman–Crippen LogP) is 4.66. The number of ether oxygens (including phenoxy) is 1. The molecule has 0 saturated carbocycles. The van der Waals surface area contributed by atoms with Crippen LogP contribution in [0.2, 0.25) is 5.02 Å². The Morgan fingerprint density at radius 3 is 2.78 bits per heavy atom.